The molecule has 0 spiro atoms. The van der Waals surface area contributed by atoms with Crippen molar-refractivity contribution in [1.29, 1.82) is 0 Å². The number of halogens is 1. The normalized spacial score (nSPS) is 14.4. The van der Waals surface area contributed by atoms with Crippen molar-refractivity contribution >= 4 is 28.0 Å². The van der Waals surface area contributed by atoms with Gasteiger partial charge in [-0.1, -0.05) is 26.0 Å². The van der Waals surface area contributed by atoms with E-state index in [-0.39, 0.29) is 30.4 Å². The smallest absolute Gasteiger partial charge is 0.308 e. The first-order chi connectivity index (χ1) is 18.2. The topological polar surface area (TPSA) is 150 Å². The fourth-order valence-electron chi connectivity index (χ4n) is 3.71. The lowest BCUT2D eigenvalue weighted by molar-refractivity contribution is -0.157. The maximum atomic E-state index is 13.7. The molecule has 1 aromatic heterocycles. The van der Waals surface area contributed by atoms with E-state index in [0.29, 0.717) is 16.8 Å². The van der Waals surface area contributed by atoms with Crippen molar-refractivity contribution in [2.24, 2.45) is 0 Å². The van der Waals surface area contributed by atoms with E-state index >= 15 is 0 Å². The minimum atomic E-state index is -4.27. The van der Waals surface area contributed by atoms with Crippen LogP contribution in [0.5, 0.6) is 0 Å². The predicted octanol–water partition coefficient (Wildman–Crippen LogP) is 3.76. The van der Waals surface area contributed by atoms with Crippen molar-refractivity contribution in [2.45, 2.75) is 90.0 Å². The van der Waals surface area contributed by atoms with Crippen LogP contribution in [0.1, 0.15) is 78.5 Å². The standard InChI is InChI=1S/C28H40FN3O7S/c1-17(2)24-22(14-13-20(33)15-21(34)16-23(35)39-27(3,4)5)25(18-9-11-19(29)12-10-18)31-26(30-24)32(8)40(37,38)28(6,7)36/h9-14,17,20-21,33-34,36H,15-16H2,1-8H3/b14-13+/t20-,21-/m1/s1. The Kier molecular flexibility index (Phi) is 10.6. The highest BCUT2D eigenvalue weighted by Crippen LogP contribution is 2.33. The molecule has 222 valence electrons. The van der Waals surface area contributed by atoms with Crippen molar-refractivity contribution in [2.75, 3.05) is 11.4 Å². The Hall–Kier alpha value is -2.93. The van der Waals surface area contributed by atoms with Gasteiger partial charge in [-0.15, -0.1) is 0 Å². The van der Waals surface area contributed by atoms with E-state index in [4.69, 9.17) is 4.74 Å². The van der Waals surface area contributed by atoms with Crippen LogP contribution in [0.4, 0.5) is 10.3 Å². The zero-order chi connectivity index (χ0) is 30.6. The third-order valence-electron chi connectivity index (χ3n) is 5.72. The molecule has 40 heavy (non-hydrogen) atoms. The molecule has 10 nitrogen and oxygen atoms in total. The lowest BCUT2D eigenvalue weighted by atomic mass is 9.97. The molecule has 12 heteroatoms. The molecule has 2 rings (SSSR count). The molecule has 0 amide bonds. The van der Waals surface area contributed by atoms with Crippen molar-refractivity contribution in [3.05, 3.63) is 47.4 Å². The van der Waals surface area contributed by atoms with Gasteiger partial charge in [-0.3, -0.25) is 4.79 Å². The van der Waals surface area contributed by atoms with E-state index in [0.717, 1.165) is 18.2 Å². The number of ether oxygens (including phenoxy) is 1. The monoisotopic (exact) mass is 581 g/mol. The summed E-state index contributed by atoms with van der Waals surface area (Å²) in [5.74, 6) is -1.51. The first-order valence-electron chi connectivity index (χ1n) is 12.9. The lowest BCUT2D eigenvalue weighted by Gasteiger charge is -2.27. The highest BCUT2D eigenvalue weighted by molar-refractivity contribution is 7.93. The van der Waals surface area contributed by atoms with Gasteiger partial charge in [0.1, 0.15) is 11.4 Å². The molecular weight excluding hydrogens is 541 g/mol. The summed E-state index contributed by atoms with van der Waals surface area (Å²) in [6.45, 7) is 11.1. The molecule has 0 unspecified atom stereocenters. The summed E-state index contributed by atoms with van der Waals surface area (Å²) in [4.78, 5) is 18.8. The summed E-state index contributed by atoms with van der Waals surface area (Å²) in [6, 6.07) is 5.43. The van der Waals surface area contributed by atoms with E-state index < -0.39 is 44.6 Å². The van der Waals surface area contributed by atoms with Crippen LogP contribution in [0.15, 0.2) is 30.3 Å². The molecule has 0 aliphatic rings. The van der Waals surface area contributed by atoms with Gasteiger partial charge in [0, 0.05) is 24.6 Å². The van der Waals surface area contributed by atoms with Gasteiger partial charge >= 0.3 is 5.97 Å². The molecule has 2 aromatic rings. The minimum Gasteiger partial charge on any atom is -0.460 e. The fraction of sp³-hybridized carbons (Fsp3) is 0.536. The zero-order valence-corrected chi connectivity index (χ0v) is 25.0. The number of esters is 1. The van der Waals surface area contributed by atoms with Crippen molar-refractivity contribution < 1.29 is 37.7 Å². The molecular formula is C28H40FN3O7S. The van der Waals surface area contributed by atoms with E-state index in [1.165, 1.54) is 37.4 Å². The summed E-state index contributed by atoms with van der Waals surface area (Å²) in [5.41, 5.74) is 0.899. The first-order valence-corrected chi connectivity index (χ1v) is 14.3. The number of benzene rings is 1. The highest BCUT2D eigenvalue weighted by atomic mass is 32.2. The number of hydrogen-bond donors (Lipinski definition) is 3. The van der Waals surface area contributed by atoms with E-state index in [1.807, 2.05) is 13.8 Å². The Morgan fingerprint density at radius 2 is 1.68 bits per heavy atom. The molecule has 0 aliphatic carbocycles. The maximum absolute atomic E-state index is 13.7. The van der Waals surface area contributed by atoms with E-state index in [1.54, 1.807) is 26.8 Å². The van der Waals surface area contributed by atoms with Gasteiger partial charge in [-0.25, -0.2) is 27.1 Å². The summed E-state index contributed by atoms with van der Waals surface area (Å²) in [5, 5.41) is 31.1. The summed E-state index contributed by atoms with van der Waals surface area (Å²) in [7, 11) is -3.04. The van der Waals surface area contributed by atoms with Crippen molar-refractivity contribution in [3.8, 4) is 11.3 Å². The Bertz CT molecular complexity index is 1320. The molecule has 1 aromatic carbocycles. The molecule has 0 bridgehead atoms. The largest absolute Gasteiger partial charge is 0.460 e. The Labute approximate surface area is 235 Å². The second kappa shape index (κ2) is 12.7. The maximum Gasteiger partial charge on any atom is 0.308 e. The number of carbonyl (C=O) groups is 1. The number of nitrogens with zero attached hydrogens (tertiary/aromatic N) is 3. The number of hydrogen-bond acceptors (Lipinski definition) is 9. The van der Waals surface area contributed by atoms with Gasteiger partial charge in [0.2, 0.25) is 5.95 Å². The van der Waals surface area contributed by atoms with Crippen LogP contribution < -0.4 is 4.31 Å². The zero-order valence-electron chi connectivity index (χ0n) is 24.2. The number of aromatic nitrogens is 2. The molecule has 0 saturated carbocycles. The van der Waals surface area contributed by atoms with Crippen molar-refractivity contribution in [3.63, 3.8) is 0 Å². The SMILES string of the molecule is CC(C)c1nc(N(C)S(=O)(=O)C(C)(C)O)nc(-c2ccc(F)cc2)c1/C=C/[C@@H](O)C[C@@H](O)CC(=O)OC(C)(C)C. The molecule has 0 aliphatic heterocycles. The quantitative estimate of drug-likeness (QED) is 0.337. The fourth-order valence-corrected chi connectivity index (χ4v) is 4.68. The molecule has 2 atom stereocenters. The van der Waals surface area contributed by atoms with Crippen LogP contribution in [0.2, 0.25) is 0 Å². The minimum absolute atomic E-state index is 0.149. The number of aliphatic hydroxyl groups is 3. The third-order valence-corrected chi connectivity index (χ3v) is 7.87. The third kappa shape index (κ3) is 8.79. The molecule has 0 saturated heterocycles. The number of anilines is 1. The number of rotatable bonds is 11. The predicted molar refractivity (Wildman–Crippen MR) is 151 cm³/mol. The van der Waals surface area contributed by atoms with Gasteiger partial charge in [0.25, 0.3) is 10.0 Å². The Morgan fingerprint density at radius 1 is 1.10 bits per heavy atom. The Morgan fingerprint density at radius 3 is 2.17 bits per heavy atom. The van der Waals surface area contributed by atoms with Gasteiger partial charge in [-0.2, -0.15) is 0 Å². The van der Waals surface area contributed by atoms with E-state index in [2.05, 4.69) is 9.97 Å². The van der Waals surface area contributed by atoms with Crippen LogP contribution in [0, 0.1) is 5.82 Å². The van der Waals surface area contributed by atoms with Crippen molar-refractivity contribution in [1.82, 2.24) is 9.97 Å². The summed E-state index contributed by atoms with van der Waals surface area (Å²) < 4.78 is 45.6. The number of sulfonamides is 1. The molecule has 0 fully saturated rings. The lowest BCUT2D eigenvalue weighted by Crippen LogP contribution is -2.43. The second-order valence-electron chi connectivity index (χ2n) is 11.4. The van der Waals surface area contributed by atoms with Gasteiger partial charge in [-0.05, 0) is 64.8 Å². The second-order valence-corrected chi connectivity index (χ2v) is 13.9. The van der Waals surface area contributed by atoms with Crippen LogP contribution in [-0.2, 0) is 19.6 Å². The molecule has 1 heterocycles. The highest BCUT2D eigenvalue weighted by Gasteiger charge is 2.37. The summed E-state index contributed by atoms with van der Waals surface area (Å²) >= 11 is 0. The number of aliphatic hydroxyl groups excluding tert-OH is 2. The van der Waals surface area contributed by atoms with Gasteiger partial charge in [0.05, 0.1) is 30.0 Å². The molecule has 0 radical (unpaired) electrons. The van der Waals surface area contributed by atoms with Crippen LogP contribution in [0.3, 0.4) is 0 Å². The number of carbonyl (C=O) groups excluding carboxylic acids is 1. The average Bonchev–Trinajstić information content (AvgIpc) is 2.80. The first kappa shape index (κ1) is 33.3. The van der Waals surface area contributed by atoms with Crippen LogP contribution in [0.25, 0.3) is 17.3 Å². The average molecular weight is 582 g/mol. The van der Waals surface area contributed by atoms with E-state index in [9.17, 15) is 32.9 Å². The van der Waals surface area contributed by atoms with Crippen LogP contribution >= 0.6 is 0 Å². The van der Waals surface area contributed by atoms with Gasteiger partial charge in [0.15, 0.2) is 4.93 Å². The van der Waals surface area contributed by atoms with Gasteiger partial charge < -0.3 is 20.1 Å². The molecule has 3 N–H and O–H groups in total. The Balaban J connectivity index is 2.53. The van der Waals surface area contributed by atoms with Crippen LogP contribution in [-0.4, -0.2) is 69.5 Å². The summed E-state index contributed by atoms with van der Waals surface area (Å²) in [6.07, 6.45) is 0.205.